The highest BCUT2D eigenvalue weighted by Crippen LogP contribution is 1.92. The van der Waals surface area contributed by atoms with Crippen LogP contribution in [0.15, 0.2) is 11.8 Å². The van der Waals surface area contributed by atoms with Gasteiger partial charge in [-0.15, -0.1) is 0 Å². The molecule has 5 nitrogen and oxygen atoms in total. The molecule has 5 heteroatoms. The van der Waals surface area contributed by atoms with Crippen LogP contribution >= 0.6 is 0 Å². The fraction of sp³-hybridized carbons (Fsp3) is 0.429. The monoisotopic (exact) mass is 173 g/mol. The van der Waals surface area contributed by atoms with Crippen molar-refractivity contribution < 1.29 is 19.8 Å². The van der Waals surface area contributed by atoms with Crippen LogP contribution in [0.1, 0.15) is 13.3 Å². The molecule has 0 saturated heterocycles. The quantitative estimate of drug-likeness (QED) is 0.236. The second kappa shape index (κ2) is 5.17. The first-order valence-corrected chi connectivity index (χ1v) is 3.49. The lowest BCUT2D eigenvalue weighted by Crippen LogP contribution is -2.16. The molecule has 0 aromatic carbocycles. The minimum absolute atomic E-state index is 0.560. The van der Waals surface area contributed by atoms with Crippen LogP contribution in [0.5, 0.6) is 0 Å². The van der Waals surface area contributed by atoms with Gasteiger partial charge in [0.2, 0.25) is 0 Å². The Labute approximate surface area is 69.7 Å². The summed E-state index contributed by atoms with van der Waals surface area (Å²) in [6.45, 7) is 2.45. The topological polar surface area (TPSA) is 86.6 Å². The maximum Gasteiger partial charge on any atom is 0.344 e. The molecule has 0 aromatic rings. The van der Waals surface area contributed by atoms with Crippen molar-refractivity contribution in [3.8, 4) is 0 Å². The molecular formula is C7H11NO4. The summed E-state index contributed by atoms with van der Waals surface area (Å²) < 4.78 is 0. The average molecular weight is 173 g/mol. The highest BCUT2D eigenvalue weighted by Gasteiger charge is 2.14. The number of carboxylic acid groups (broad SMARTS) is 2. The highest BCUT2D eigenvalue weighted by molar-refractivity contribution is 6.12. The molecule has 0 aliphatic heterocycles. The zero-order valence-electron chi connectivity index (χ0n) is 6.70. The van der Waals surface area contributed by atoms with Crippen molar-refractivity contribution in [2.24, 2.45) is 0 Å². The summed E-state index contributed by atoms with van der Waals surface area (Å²) >= 11 is 0. The average Bonchev–Trinajstić information content (AvgIpc) is 1.96. The third-order valence-electron chi connectivity index (χ3n) is 1.10. The molecule has 0 rings (SSSR count). The predicted molar refractivity (Wildman–Crippen MR) is 41.6 cm³/mol. The van der Waals surface area contributed by atoms with Crippen LogP contribution in [0, 0.1) is 0 Å². The van der Waals surface area contributed by atoms with E-state index in [4.69, 9.17) is 10.2 Å². The molecule has 68 valence electrons. The maximum atomic E-state index is 10.2. The fourth-order valence-corrected chi connectivity index (χ4v) is 0.534. The first-order chi connectivity index (χ1) is 5.59. The van der Waals surface area contributed by atoms with Crippen molar-refractivity contribution >= 4 is 11.9 Å². The van der Waals surface area contributed by atoms with Crippen molar-refractivity contribution in [1.29, 1.82) is 0 Å². The molecule has 0 spiro atoms. The zero-order chi connectivity index (χ0) is 9.56. The minimum atomic E-state index is -1.44. The van der Waals surface area contributed by atoms with E-state index in [2.05, 4.69) is 5.32 Å². The van der Waals surface area contributed by atoms with E-state index in [1.807, 2.05) is 6.92 Å². The van der Waals surface area contributed by atoms with Crippen LogP contribution < -0.4 is 5.32 Å². The summed E-state index contributed by atoms with van der Waals surface area (Å²) in [5, 5.41) is 19.3. The summed E-state index contributed by atoms with van der Waals surface area (Å²) in [6, 6.07) is 0. The van der Waals surface area contributed by atoms with Gasteiger partial charge in [0.1, 0.15) is 0 Å². The Hall–Kier alpha value is -1.52. The van der Waals surface area contributed by atoms with E-state index in [0.717, 1.165) is 12.6 Å². The molecule has 0 heterocycles. The van der Waals surface area contributed by atoms with Gasteiger partial charge in [-0.2, -0.15) is 0 Å². The molecule has 3 N–H and O–H groups in total. The number of hydrogen-bond donors (Lipinski definition) is 3. The maximum absolute atomic E-state index is 10.2. The molecule has 0 amide bonds. The van der Waals surface area contributed by atoms with Gasteiger partial charge in [0.05, 0.1) is 0 Å². The van der Waals surface area contributed by atoms with Gasteiger partial charge in [-0.1, -0.05) is 6.92 Å². The molecule has 0 unspecified atom stereocenters. The second-order valence-corrected chi connectivity index (χ2v) is 2.12. The first-order valence-electron chi connectivity index (χ1n) is 3.49. The second-order valence-electron chi connectivity index (χ2n) is 2.12. The van der Waals surface area contributed by atoms with E-state index in [0.29, 0.717) is 6.54 Å². The van der Waals surface area contributed by atoms with Crippen LogP contribution in [-0.2, 0) is 9.59 Å². The van der Waals surface area contributed by atoms with Gasteiger partial charge in [-0.25, -0.2) is 9.59 Å². The number of hydrogen-bond acceptors (Lipinski definition) is 3. The number of aliphatic carboxylic acids is 2. The Balaban J connectivity index is 4.20. The molecule has 12 heavy (non-hydrogen) atoms. The summed E-state index contributed by atoms with van der Waals surface area (Å²) in [6.07, 6.45) is 1.80. The number of carboxylic acids is 2. The standard InChI is InChI=1S/C7H11NO4/c1-2-3-8-4-5(6(9)10)7(11)12/h4,8H,2-3H2,1H3,(H,9,10)(H,11,12). The van der Waals surface area contributed by atoms with Gasteiger partial charge >= 0.3 is 11.9 Å². The van der Waals surface area contributed by atoms with Crippen molar-refractivity contribution in [2.45, 2.75) is 13.3 Å². The molecule has 0 saturated carbocycles. The first kappa shape index (κ1) is 10.5. The molecule has 0 aliphatic rings. The van der Waals surface area contributed by atoms with E-state index < -0.39 is 17.5 Å². The largest absolute Gasteiger partial charge is 0.477 e. The number of nitrogens with one attached hydrogen (secondary N) is 1. The van der Waals surface area contributed by atoms with E-state index >= 15 is 0 Å². The van der Waals surface area contributed by atoms with E-state index in [-0.39, 0.29) is 0 Å². The van der Waals surface area contributed by atoms with Crippen molar-refractivity contribution in [1.82, 2.24) is 5.32 Å². The third-order valence-corrected chi connectivity index (χ3v) is 1.10. The summed E-state index contributed by atoms with van der Waals surface area (Å²) in [4.78, 5) is 20.5. The summed E-state index contributed by atoms with van der Waals surface area (Å²) in [5.41, 5.74) is -0.650. The van der Waals surface area contributed by atoms with Gasteiger partial charge in [-0.3, -0.25) is 0 Å². The Bertz CT molecular complexity index is 193. The van der Waals surface area contributed by atoms with Gasteiger partial charge < -0.3 is 15.5 Å². The molecule has 0 atom stereocenters. The van der Waals surface area contributed by atoms with Crippen LogP contribution in [0.3, 0.4) is 0 Å². The predicted octanol–water partition coefficient (Wildman–Crippen LogP) is 0.0391. The highest BCUT2D eigenvalue weighted by atomic mass is 16.4. The number of carbonyl (C=O) groups is 2. The molecule has 0 aliphatic carbocycles. The van der Waals surface area contributed by atoms with Crippen LogP contribution in [0.4, 0.5) is 0 Å². The Kier molecular flexibility index (Phi) is 4.52. The van der Waals surface area contributed by atoms with Crippen molar-refractivity contribution in [3.05, 3.63) is 11.8 Å². The molecule has 0 aromatic heterocycles. The fourth-order valence-electron chi connectivity index (χ4n) is 0.534. The van der Waals surface area contributed by atoms with Gasteiger partial charge in [0.15, 0.2) is 5.57 Å². The Morgan fingerprint density at radius 1 is 1.33 bits per heavy atom. The minimum Gasteiger partial charge on any atom is -0.477 e. The Morgan fingerprint density at radius 3 is 2.17 bits per heavy atom. The van der Waals surface area contributed by atoms with Crippen LogP contribution in [0.25, 0.3) is 0 Å². The van der Waals surface area contributed by atoms with Gasteiger partial charge in [0, 0.05) is 12.7 Å². The van der Waals surface area contributed by atoms with Crippen LogP contribution in [0.2, 0.25) is 0 Å². The third kappa shape index (κ3) is 3.60. The lowest BCUT2D eigenvalue weighted by molar-refractivity contribution is -0.140. The van der Waals surface area contributed by atoms with Gasteiger partial charge in [-0.05, 0) is 6.42 Å². The molecular weight excluding hydrogens is 162 g/mol. The van der Waals surface area contributed by atoms with Crippen LogP contribution in [-0.4, -0.2) is 28.7 Å². The lowest BCUT2D eigenvalue weighted by Gasteiger charge is -1.97. The van der Waals surface area contributed by atoms with E-state index in [1.54, 1.807) is 0 Å². The molecule has 0 radical (unpaired) electrons. The summed E-state index contributed by atoms with van der Waals surface area (Å²) in [7, 11) is 0. The van der Waals surface area contributed by atoms with Crippen molar-refractivity contribution in [3.63, 3.8) is 0 Å². The smallest absolute Gasteiger partial charge is 0.344 e. The SMILES string of the molecule is CCCNC=C(C(=O)O)C(=O)O. The van der Waals surface area contributed by atoms with Gasteiger partial charge in [0.25, 0.3) is 0 Å². The normalized spacial score (nSPS) is 8.75. The molecule has 0 fully saturated rings. The number of rotatable bonds is 5. The summed E-state index contributed by atoms with van der Waals surface area (Å²) in [5.74, 6) is -2.88. The Morgan fingerprint density at radius 2 is 1.83 bits per heavy atom. The van der Waals surface area contributed by atoms with E-state index in [9.17, 15) is 9.59 Å². The zero-order valence-corrected chi connectivity index (χ0v) is 6.70. The molecule has 0 bridgehead atoms. The van der Waals surface area contributed by atoms with E-state index in [1.165, 1.54) is 0 Å². The lowest BCUT2D eigenvalue weighted by atomic mass is 10.3. The van der Waals surface area contributed by atoms with Crippen molar-refractivity contribution in [2.75, 3.05) is 6.54 Å².